The molecule has 1 aromatic carbocycles. The minimum absolute atomic E-state index is 0.132. The number of hydrogen-bond donors (Lipinski definition) is 1. The lowest BCUT2D eigenvalue weighted by molar-refractivity contribution is 0.157. The van der Waals surface area contributed by atoms with Crippen molar-refractivity contribution in [1.29, 1.82) is 0 Å². The molecule has 0 amide bonds. The van der Waals surface area contributed by atoms with E-state index in [1.807, 2.05) is 0 Å². The SMILES string of the molecule is COc1ccc2c(c1)CCC1=C3C[C@H](O)C[C@]3(C)CC[C@]12C. The lowest BCUT2D eigenvalue weighted by atomic mass is 9.56. The van der Waals surface area contributed by atoms with Crippen LogP contribution in [0.15, 0.2) is 29.3 Å². The van der Waals surface area contributed by atoms with E-state index < -0.39 is 0 Å². The van der Waals surface area contributed by atoms with Crippen LogP contribution < -0.4 is 4.74 Å². The van der Waals surface area contributed by atoms with Gasteiger partial charge in [-0.05, 0) is 67.2 Å². The summed E-state index contributed by atoms with van der Waals surface area (Å²) in [6.07, 6.45) is 6.37. The van der Waals surface area contributed by atoms with E-state index in [9.17, 15) is 5.11 Å². The van der Waals surface area contributed by atoms with Gasteiger partial charge in [0.05, 0.1) is 13.2 Å². The largest absolute Gasteiger partial charge is 0.497 e. The molecule has 3 aliphatic rings. The highest BCUT2D eigenvalue weighted by Gasteiger charge is 2.50. The fourth-order valence-corrected chi connectivity index (χ4v) is 5.37. The number of aryl methyl sites for hydroxylation is 1. The van der Waals surface area contributed by atoms with E-state index >= 15 is 0 Å². The van der Waals surface area contributed by atoms with Crippen LogP contribution in [0.2, 0.25) is 0 Å². The molecule has 1 saturated carbocycles. The predicted octanol–water partition coefficient (Wildman–Crippen LogP) is 4.15. The van der Waals surface area contributed by atoms with Gasteiger partial charge in [0, 0.05) is 5.41 Å². The number of benzene rings is 1. The maximum Gasteiger partial charge on any atom is 0.119 e. The Morgan fingerprint density at radius 1 is 1.14 bits per heavy atom. The Balaban J connectivity index is 1.86. The fraction of sp³-hybridized carbons (Fsp3) is 0.600. The molecule has 0 aromatic heterocycles. The molecule has 0 aliphatic heterocycles. The second-order valence-corrected chi connectivity index (χ2v) is 7.94. The van der Waals surface area contributed by atoms with Crippen LogP contribution >= 0.6 is 0 Å². The molecule has 3 atom stereocenters. The number of rotatable bonds is 1. The van der Waals surface area contributed by atoms with E-state index in [4.69, 9.17) is 4.74 Å². The molecule has 0 heterocycles. The number of aliphatic hydroxyl groups excluding tert-OH is 1. The van der Waals surface area contributed by atoms with E-state index in [1.165, 1.54) is 24.0 Å². The van der Waals surface area contributed by atoms with Crippen molar-refractivity contribution in [3.8, 4) is 5.75 Å². The molecular formula is C20H26O2. The highest BCUT2D eigenvalue weighted by atomic mass is 16.5. The molecule has 118 valence electrons. The Hall–Kier alpha value is -1.28. The van der Waals surface area contributed by atoms with Gasteiger partial charge in [-0.2, -0.15) is 0 Å². The lowest BCUT2D eigenvalue weighted by Gasteiger charge is -2.48. The van der Waals surface area contributed by atoms with Crippen LogP contribution in [-0.4, -0.2) is 18.3 Å². The lowest BCUT2D eigenvalue weighted by Crippen LogP contribution is -2.38. The standard InChI is InChI=1S/C20H26O2/c1-19-8-9-20(2)16-7-5-15(22-3)10-13(16)4-6-17(20)18(19)11-14(21)12-19/h5,7,10,14,21H,4,6,8-9,11-12H2,1-3H3/t14-,19-,20-/m0/s1. The smallest absolute Gasteiger partial charge is 0.119 e. The van der Waals surface area contributed by atoms with E-state index in [0.29, 0.717) is 0 Å². The maximum absolute atomic E-state index is 10.2. The first-order valence-electron chi connectivity index (χ1n) is 8.55. The Morgan fingerprint density at radius 3 is 2.73 bits per heavy atom. The van der Waals surface area contributed by atoms with E-state index in [-0.39, 0.29) is 16.9 Å². The predicted molar refractivity (Wildman–Crippen MR) is 88.3 cm³/mol. The van der Waals surface area contributed by atoms with E-state index in [2.05, 4.69) is 32.0 Å². The van der Waals surface area contributed by atoms with Gasteiger partial charge < -0.3 is 9.84 Å². The van der Waals surface area contributed by atoms with Crippen LogP contribution in [-0.2, 0) is 11.8 Å². The van der Waals surface area contributed by atoms with Crippen molar-refractivity contribution in [2.75, 3.05) is 7.11 Å². The minimum atomic E-state index is -0.132. The first-order chi connectivity index (χ1) is 10.5. The summed E-state index contributed by atoms with van der Waals surface area (Å²) in [5.41, 5.74) is 6.57. The zero-order valence-corrected chi connectivity index (χ0v) is 13.9. The maximum atomic E-state index is 10.2. The number of aliphatic hydroxyl groups is 1. The monoisotopic (exact) mass is 298 g/mol. The van der Waals surface area contributed by atoms with Crippen LogP contribution in [0.25, 0.3) is 0 Å². The minimum Gasteiger partial charge on any atom is -0.497 e. The highest BCUT2D eigenvalue weighted by molar-refractivity contribution is 5.52. The Morgan fingerprint density at radius 2 is 1.95 bits per heavy atom. The average Bonchev–Trinajstić information content (AvgIpc) is 2.81. The van der Waals surface area contributed by atoms with Crippen LogP contribution in [0, 0.1) is 5.41 Å². The molecule has 3 aliphatic carbocycles. The summed E-state index contributed by atoms with van der Waals surface area (Å²) >= 11 is 0. The summed E-state index contributed by atoms with van der Waals surface area (Å²) < 4.78 is 5.40. The van der Waals surface area contributed by atoms with Crippen LogP contribution in [0.5, 0.6) is 5.75 Å². The zero-order valence-electron chi connectivity index (χ0n) is 13.9. The molecule has 0 unspecified atom stereocenters. The number of allylic oxidation sites excluding steroid dienone is 1. The van der Waals surface area contributed by atoms with Crippen LogP contribution in [0.4, 0.5) is 0 Å². The molecular weight excluding hydrogens is 272 g/mol. The van der Waals surface area contributed by atoms with Crippen molar-refractivity contribution >= 4 is 0 Å². The average molecular weight is 298 g/mol. The van der Waals surface area contributed by atoms with Gasteiger partial charge in [0.15, 0.2) is 0 Å². The quantitative estimate of drug-likeness (QED) is 0.789. The summed E-state index contributed by atoms with van der Waals surface area (Å²) in [5.74, 6) is 0.968. The molecule has 4 rings (SSSR count). The summed E-state index contributed by atoms with van der Waals surface area (Å²) in [4.78, 5) is 0. The third-order valence-corrected chi connectivity index (χ3v) is 6.61. The van der Waals surface area contributed by atoms with E-state index in [0.717, 1.165) is 31.4 Å². The normalized spacial score (nSPS) is 36.6. The first kappa shape index (κ1) is 14.3. The highest BCUT2D eigenvalue weighted by Crippen LogP contribution is 2.59. The van der Waals surface area contributed by atoms with Crippen molar-refractivity contribution in [3.05, 3.63) is 40.5 Å². The molecule has 0 saturated heterocycles. The zero-order chi connectivity index (χ0) is 15.5. The number of methoxy groups -OCH3 is 1. The van der Waals surface area contributed by atoms with Gasteiger partial charge in [-0.25, -0.2) is 0 Å². The van der Waals surface area contributed by atoms with Gasteiger partial charge in [-0.3, -0.25) is 0 Å². The fourth-order valence-electron chi connectivity index (χ4n) is 5.37. The number of fused-ring (bicyclic) bond motifs is 4. The summed E-state index contributed by atoms with van der Waals surface area (Å²) in [5, 5.41) is 10.2. The molecule has 0 bridgehead atoms. The number of ether oxygens (including phenoxy) is 1. The molecule has 1 aromatic rings. The van der Waals surface area contributed by atoms with Crippen molar-refractivity contribution in [2.24, 2.45) is 5.41 Å². The van der Waals surface area contributed by atoms with E-state index in [1.54, 1.807) is 18.3 Å². The molecule has 2 nitrogen and oxygen atoms in total. The van der Waals surface area contributed by atoms with Gasteiger partial charge in [0.25, 0.3) is 0 Å². The summed E-state index contributed by atoms with van der Waals surface area (Å²) in [6, 6.07) is 6.61. The topological polar surface area (TPSA) is 29.5 Å². The second kappa shape index (κ2) is 4.61. The first-order valence-corrected chi connectivity index (χ1v) is 8.55. The van der Waals surface area contributed by atoms with Gasteiger partial charge in [-0.15, -0.1) is 0 Å². The van der Waals surface area contributed by atoms with Crippen molar-refractivity contribution in [3.63, 3.8) is 0 Å². The molecule has 22 heavy (non-hydrogen) atoms. The summed E-state index contributed by atoms with van der Waals surface area (Å²) in [6.45, 7) is 4.79. The van der Waals surface area contributed by atoms with Crippen LogP contribution in [0.3, 0.4) is 0 Å². The number of hydrogen-bond acceptors (Lipinski definition) is 2. The van der Waals surface area contributed by atoms with Crippen molar-refractivity contribution in [2.45, 2.75) is 63.9 Å². The second-order valence-electron chi connectivity index (χ2n) is 7.94. The van der Waals surface area contributed by atoms with Crippen molar-refractivity contribution < 1.29 is 9.84 Å². The third-order valence-electron chi connectivity index (χ3n) is 6.61. The molecule has 1 N–H and O–H groups in total. The molecule has 0 radical (unpaired) electrons. The van der Waals surface area contributed by atoms with Gasteiger partial charge in [-0.1, -0.05) is 31.1 Å². The van der Waals surface area contributed by atoms with Crippen LogP contribution in [0.1, 0.15) is 57.1 Å². The molecule has 1 fully saturated rings. The van der Waals surface area contributed by atoms with Crippen molar-refractivity contribution in [1.82, 2.24) is 0 Å². The van der Waals surface area contributed by atoms with Gasteiger partial charge >= 0.3 is 0 Å². The Kier molecular flexibility index (Phi) is 3.00. The third kappa shape index (κ3) is 1.83. The Labute approximate surface area is 133 Å². The molecule has 2 heteroatoms. The Bertz CT molecular complexity index is 660. The van der Waals surface area contributed by atoms with Gasteiger partial charge in [0.1, 0.15) is 5.75 Å². The van der Waals surface area contributed by atoms with Gasteiger partial charge in [0.2, 0.25) is 0 Å². The molecule has 0 spiro atoms. The summed E-state index contributed by atoms with van der Waals surface area (Å²) in [7, 11) is 1.74.